The second-order valence-corrected chi connectivity index (χ2v) is 6.56. The molecule has 18 heavy (non-hydrogen) atoms. The average Bonchev–Trinajstić information content (AvgIpc) is 2.26. The van der Waals surface area contributed by atoms with Crippen molar-refractivity contribution >= 4 is 0 Å². The van der Waals surface area contributed by atoms with Crippen LogP contribution in [0.15, 0.2) is 0 Å². The molecule has 0 aliphatic rings. The van der Waals surface area contributed by atoms with Gasteiger partial charge in [0.25, 0.3) is 0 Å². The molecule has 0 bridgehead atoms. The van der Waals surface area contributed by atoms with Gasteiger partial charge < -0.3 is 5.32 Å². The van der Waals surface area contributed by atoms with E-state index in [4.69, 9.17) is 0 Å². The summed E-state index contributed by atoms with van der Waals surface area (Å²) >= 11 is 0. The van der Waals surface area contributed by atoms with Crippen molar-refractivity contribution < 1.29 is 0 Å². The number of hydrogen-bond donors (Lipinski definition) is 1. The molecule has 0 saturated heterocycles. The molecular formula is C17H37N. The molecule has 1 nitrogen and oxygen atoms in total. The number of nitrogens with one attached hydrogen (secondary N) is 1. The Morgan fingerprint density at radius 1 is 0.778 bits per heavy atom. The summed E-state index contributed by atoms with van der Waals surface area (Å²) in [6.07, 6.45) is 12.6. The first-order valence-electron chi connectivity index (χ1n) is 8.32. The molecule has 0 aliphatic heterocycles. The molecule has 0 aromatic carbocycles. The van der Waals surface area contributed by atoms with Crippen LogP contribution in [0.2, 0.25) is 0 Å². The summed E-state index contributed by atoms with van der Waals surface area (Å²) in [4.78, 5) is 0. The maximum atomic E-state index is 3.72. The molecule has 0 saturated carbocycles. The topological polar surface area (TPSA) is 12.0 Å². The molecular weight excluding hydrogens is 218 g/mol. The van der Waals surface area contributed by atoms with Crippen LogP contribution in [0.25, 0.3) is 0 Å². The molecule has 0 spiro atoms. The second-order valence-electron chi connectivity index (χ2n) is 6.56. The van der Waals surface area contributed by atoms with Crippen LogP contribution in [0.3, 0.4) is 0 Å². The van der Waals surface area contributed by atoms with Crippen molar-refractivity contribution in [3.63, 3.8) is 0 Å². The number of unbranched alkanes of at least 4 members (excludes halogenated alkanes) is 6. The van der Waals surface area contributed by atoms with Gasteiger partial charge in [0.15, 0.2) is 0 Å². The van der Waals surface area contributed by atoms with E-state index in [0.29, 0.717) is 6.04 Å². The quantitative estimate of drug-likeness (QED) is 0.451. The lowest BCUT2D eigenvalue weighted by Gasteiger charge is -2.23. The first kappa shape index (κ1) is 18.0. The molecule has 0 aliphatic carbocycles. The van der Waals surface area contributed by atoms with Gasteiger partial charge in [0.2, 0.25) is 0 Å². The van der Waals surface area contributed by atoms with E-state index in [1.807, 2.05) is 0 Å². The summed E-state index contributed by atoms with van der Waals surface area (Å²) in [5.41, 5.74) is 0. The van der Waals surface area contributed by atoms with Gasteiger partial charge >= 0.3 is 0 Å². The molecule has 110 valence electrons. The molecule has 1 atom stereocenters. The van der Waals surface area contributed by atoms with Crippen molar-refractivity contribution in [1.82, 2.24) is 5.32 Å². The van der Waals surface area contributed by atoms with Gasteiger partial charge in [0.1, 0.15) is 0 Å². The van der Waals surface area contributed by atoms with Crippen LogP contribution in [0.5, 0.6) is 0 Å². The molecule has 0 heterocycles. The fourth-order valence-corrected chi connectivity index (χ4v) is 2.66. The first-order valence-corrected chi connectivity index (χ1v) is 8.32. The van der Waals surface area contributed by atoms with Crippen molar-refractivity contribution in [3.8, 4) is 0 Å². The zero-order valence-electron chi connectivity index (χ0n) is 13.6. The van der Waals surface area contributed by atoms with Crippen LogP contribution in [0, 0.1) is 5.92 Å². The van der Waals surface area contributed by atoms with Gasteiger partial charge in [-0.3, -0.25) is 0 Å². The highest BCUT2D eigenvalue weighted by molar-refractivity contribution is 4.71. The van der Waals surface area contributed by atoms with E-state index in [-0.39, 0.29) is 0 Å². The maximum Gasteiger partial charge on any atom is 0.00718 e. The normalized spacial score (nSPS) is 13.5. The van der Waals surface area contributed by atoms with Crippen LogP contribution < -0.4 is 5.32 Å². The van der Waals surface area contributed by atoms with E-state index >= 15 is 0 Å². The van der Waals surface area contributed by atoms with E-state index in [0.717, 1.165) is 12.0 Å². The summed E-state index contributed by atoms with van der Waals surface area (Å²) in [6, 6.07) is 1.36. The highest BCUT2D eigenvalue weighted by Gasteiger charge is 2.11. The molecule has 0 amide bonds. The molecule has 1 N–H and O–H groups in total. The van der Waals surface area contributed by atoms with Gasteiger partial charge in [0.05, 0.1) is 0 Å². The molecule has 0 rings (SSSR count). The Bertz CT molecular complexity index is 153. The standard InChI is InChI=1S/C17H37N/c1-6-7-8-9-10-11-12-13-17(14-15(2)3)18-16(4)5/h15-18H,6-14H2,1-5H3. The van der Waals surface area contributed by atoms with Crippen LogP contribution in [0.1, 0.15) is 92.4 Å². The fraction of sp³-hybridized carbons (Fsp3) is 1.00. The maximum absolute atomic E-state index is 3.72. The van der Waals surface area contributed by atoms with E-state index in [1.54, 1.807) is 0 Å². The minimum atomic E-state index is 0.623. The summed E-state index contributed by atoms with van der Waals surface area (Å²) in [5.74, 6) is 0.811. The van der Waals surface area contributed by atoms with Crippen LogP contribution >= 0.6 is 0 Å². The van der Waals surface area contributed by atoms with Crippen molar-refractivity contribution in [3.05, 3.63) is 0 Å². The van der Waals surface area contributed by atoms with E-state index in [1.165, 1.54) is 57.8 Å². The van der Waals surface area contributed by atoms with Crippen LogP contribution in [-0.2, 0) is 0 Å². The van der Waals surface area contributed by atoms with E-state index in [2.05, 4.69) is 39.9 Å². The summed E-state index contributed by atoms with van der Waals surface area (Å²) in [6.45, 7) is 11.5. The third-order valence-electron chi connectivity index (χ3n) is 3.48. The zero-order valence-corrected chi connectivity index (χ0v) is 13.6. The highest BCUT2D eigenvalue weighted by atomic mass is 14.9. The number of hydrogen-bond acceptors (Lipinski definition) is 1. The predicted octanol–water partition coefficient (Wildman–Crippen LogP) is 5.54. The zero-order chi connectivity index (χ0) is 13.8. The molecule has 1 unspecified atom stereocenters. The van der Waals surface area contributed by atoms with E-state index in [9.17, 15) is 0 Å². The lowest BCUT2D eigenvalue weighted by molar-refractivity contribution is 0.361. The summed E-state index contributed by atoms with van der Waals surface area (Å²) < 4.78 is 0. The van der Waals surface area contributed by atoms with E-state index < -0.39 is 0 Å². The Morgan fingerprint density at radius 2 is 1.33 bits per heavy atom. The Kier molecular flexibility index (Phi) is 12.0. The van der Waals surface area contributed by atoms with Crippen LogP contribution in [0.4, 0.5) is 0 Å². The molecule has 0 aromatic heterocycles. The van der Waals surface area contributed by atoms with Crippen molar-refractivity contribution in [2.24, 2.45) is 5.92 Å². The van der Waals surface area contributed by atoms with Gasteiger partial charge in [-0.1, -0.05) is 79.6 Å². The van der Waals surface area contributed by atoms with Gasteiger partial charge in [-0.15, -0.1) is 0 Å². The molecule has 0 fully saturated rings. The predicted molar refractivity (Wildman–Crippen MR) is 84.1 cm³/mol. The average molecular weight is 255 g/mol. The molecule has 1 heteroatoms. The Morgan fingerprint density at radius 3 is 1.83 bits per heavy atom. The first-order chi connectivity index (χ1) is 8.56. The van der Waals surface area contributed by atoms with Crippen molar-refractivity contribution in [1.29, 1.82) is 0 Å². The van der Waals surface area contributed by atoms with Crippen molar-refractivity contribution in [2.45, 2.75) is 104 Å². The third kappa shape index (κ3) is 12.4. The van der Waals surface area contributed by atoms with Crippen molar-refractivity contribution in [2.75, 3.05) is 0 Å². The van der Waals surface area contributed by atoms with Gasteiger partial charge in [-0.2, -0.15) is 0 Å². The smallest absolute Gasteiger partial charge is 0.00718 e. The number of rotatable bonds is 12. The Labute approximate surface area is 116 Å². The molecule has 0 aromatic rings. The Balaban J connectivity index is 3.56. The third-order valence-corrected chi connectivity index (χ3v) is 3.48. The summed E-state index contributed by atoms with van der Waals surface area (Å²) in [5, 5.41) is 3.72. The minimum Gasteiger partial charge on any atom is -0.312 e. The lowest BCUT2D eigenvalue weighted by atomic mass is 9.97. The highest BCUT2D eigenvalue weighted by Crippen LogP contribution is 2.14. The minimum absolute atomic E-state index is 0.623. The summed E-state index contributed by atoms with van der Waals surface area (Å²) in [7, 11) is 0. The van der Waals surface area contributed by atoms with Crippen LogP contribution in [-0.4, -0.2) is 12.1 Å². The fourth-order valence-electron chi connectivity index (χ4n) is 2.66. The largest absolute Gasteiger partial charge is 0.312 e. The second kappa shape index (κ2) is 12.0. The Hall–Kier alpha value is -0.0400. The van der Waals surface area contributed by atoms with Gasteiger partial charge in [-0.25, -0.2) is 0 Å². The van der Waals surface area contributed by atoms with Gasteiger partial charge in [0, 0.05) is 12.1 Å². The van der Waals surface area contributed by atoms with Gasteiger partial charge in [-0.05, 0) is 18.8 Å². The molecule has 0 radical (unpaired) electrons. The SMILES string of the molecule is CCCCCCCCCC(CC(C)C)NC(C)C. The lowest BCUT2D eigenvalue weighted by Crippen LogP contribution is -2.35. The monoisotopic (exact) mass is 255 g/mol.